The average molecular weight is 349 g/mol. The van der Waals surface area contributed by atoms with Gasteiger partial charge in [-0.05, 0) is 25.3 Å². The Labute approximate surface area is 152 Å². The van der Waals surface area contributed by atoms with Crippen LogP contribution in [0, 0.1) is 6.92 Å². The van der Waals surface area contributed by atoms with Crippen molar-refractivity contribution in [3.05, 3.63) is 53.9 Å². The third-order valence-corrected chi connectivity index (χ3v) is 4.50. The first-order valence-corrected chi connectivity index (χ1v) is 8.98. The standard InChI is InChI=1S/C19H23N7/c1-5-14(16-11-25-8-6-7-20-19(25)23-16)21-18-10-15(12(2)3)22-17-9-13(4)24-26(17)18/h6-12,14,21H,5H2,1-4H3. The lowest BCUT2D eigenvalue weighted by atomic mass is 10.1. The summed E-state index contributed by atoms with van der Waals surface area (Å²) < 4.78 is 3.82. The summed E-state index contributed by atoms with van der Waals surface area (Å²) >= 11 is 0. The Bertz CT molecular complexity index is 1030. The molecule has 7 heteroatoms. The zero-order chi connectivity index (χ0) is 18.3. The number of aromatic nitrogens is 6. The van der Waals surface area contributed by atoms with Gasteiger partial charge in [-0.1, -0.05) is 20.8 Å². The van der Waals surface area contributed by atoms with Crippen molar-refractivity contribution in [3.8, 4) is 0 Å². The third kappa shape index (κ3) is 2.89. The van der Waals surface area contributed by atoms with Crippen LogP contribution in [0.1, 0.15) is 56.2 Å². The van der Waals surface area contributed by atoms with E-state index in [4.69, 9.17) is 4.98 Å². The van der Waals surface area contributed by atoms with Crippen molar-refractivity contribution in [2.24, 2.45) is 0 Å². The molecule has 4 rings (SSSR count). The van der Waals surface area contributed by atoms with E-state index in [9.17, 15) is 0 Å². The molecule has 1 N–H and O–H groups in total. The molecule has 0 saturated heterocycles. The Balaban J connectivity index is 1.76. The molecule has 0 bridgehead atoms. The number of imidazole rings is 1. The maximum atomic E-state index is 4.73. The first-order chi connectivity index (χ1) is 12.5. The van der Waals surface area contributed by atoms with Gasteiger partial charge in [0.15, 0.2) is 5.65 Å². The third-order valence-electron chi connectivity index (χ3n) is 4.50. The Kier molecular flexibility index (Phi) is 4.06. The van der Waals surface area contributed by atoms with Gasteiger partial charge >= 0.3 is 0 Å². The number of fused-ring (bicyclic) bond motifs is 2. The van der Waals surface area contributed by atoms with Crippen LogP contribution in [-0.4, -0.2) is 29.0 Å². The Morgan fingerprint density at radius 3 is 2.73 bits per heavy atom. The number of rotatable bonds is 5. The highest BCUT2D eigenvalue weighted by Gasteiger charge is 2.17. The number of hydrogen-bond acceptors (Lipinski definition) is 5. The molecule has 0 fully saturated rings. The fourth-order valence-corrected chi connectivity index (χ4v) is 3.09. The SMILES string of the molecule is CCC(Nc1cc(C(C)C)nc2cc(C)nn12)c1cn2cccnc2n1. The quantitative estimate of drug-likeness (QED) is 0.594. The van der Waals surface area contributed by atoms with Crippen LogP contribution >= 0.6 is 0 Å². The van der Waals surface area contributed by atoms with Crippen LogP contribution in [0.4, 0.5) is 5.82 Å². The number of anilines is 1. The molecule has 0 aliphatic heterocycles. The Hall–Kier alpha value is -2.96. The maximum Gasteiger partial charge on any atom is 0.233 e. The van der Waals surface area contributed by atoms with E-state index in [1.807, 2.05) is 40.4 Å². The summed E-state index contributed by atoms with van der Waals surface area (Å²) in [6, 6.07) is 6.06. The van der Waals surface area contributed by atoms with Crippen LogP contribution in [-0.2, 0) is 0 Å². The van der Waals surface area contributed by atoms with E-state index in [1.54, 1.807) is 6.20 Å². The fraction of sp³-hybridized carbons (Fsp3) is 0.368. The molecule has 0 aliphatic rings. The molecule has 1 atom stereocenters. The van der Waals surface area contributed by atoms with Gasteiger partial charge in [-0.3, -0.25) is 4.40 Å². The lowest BCUT2D eigenvalue weighted by Crippen LogP contribution is -2.14. The summed E-state index contributed by atoms with van der Waals surface area (Å²) in [7, 11) is 0. The van der Waals surface area contributed by atoms with Crippen LogP contribution in [0.2, 0.25) is 0 Å². The van der Waals surface area contributed by atoms with Gasteiger partial charge in [-0.15, -0.1) is 0 Å². The van der Waals surface area contributed by atoms with Crippen LogP contribution in [0.15, 0.2) is 36.8 Å². The van der Waals surface area contributed by atoms with E-state index in [0.717, 1.165) is 35.0 Å². The van der Waals surface area contributed by atoms with Crippen molar-refractivity contribution < 1.29 is 0 Å². The van der Waals surface area contributed by atoms with E-state index >= 15 is 0 Å². The molecule has 7 nitrogen and oxygen atoms in total. The minimum absolute atomic E-state index is 0.0619. The highest BCUT2D eigenvalue weighted by atomic mass is 15.3. The molecule has 4 heterocycles. The molecular formula is C19H23N7. The van der Waals surface area contributed by atoms with Gasteiger partial charge in [-0.25, -0.2) is 15.0 Å². The van der Waals surface area contributed by atoms with Gasteiger partial charge in [0.25, 0.3) is 0 Å². The molecule has 0 radical (unpaired) electrons. The van der Waals surface area contributed by atoms with E-state index in [1.165, 1.54) is 0 Å². The molecule has 4 aromatic rings. The summed E-state index contributed by atoms with van der Waals surface area (Å²) in [4.78, 5) is 13.7. The highest BCUT2D eigenvalue weighted by Crippen LogP contribution is 2.25. The molecule has 0 aliphatic carbocycles. The molecule has 4 aromatic heterocycles. The van der Waals surface area contributed by atoms with Gasteiger partial charge in [-0.2, -0.15) is 9.61 Å². The zero-order valence-corrected chi connectivity index (χ0v) is 15.5. The van der Waals surface area contributed by atoms with Crippen molar-refractivity contribution in [2.75, 3.05) is 5.32 Å². The first-order valence-electron chi connectivity index (χ1n) is 8.98. The number of nitrogens with zero attached hydrogens (tertiary/aromatic N) is 6. The largest absolute Gasteiger partial charge is 0.361 e. The molecule has 0 aromatic carbocycles. The second kappa shape index (κ2) is 6.40. The molecule has 0 spiro atoms. The van der Waals surface area contributed by atoms with Crippen LogP contribution in [0.25, 0.3) is 11.4 Å². The predicted molar refractivity (Wildman–Crippen MR) is 101 cm³/mol. The summed E-state index contributed by atoms with van der Waals surface area (Å²) in [6.45, 7) is 8.43. The topological polar surface area (TPSA) is 72.4 Å². The van der Waals surface area contributed by atoms with Crippen LogP contribution < -0.4 is 5.32 Å². The smallest absolute Gasteiger partial charge is 0.233 e. The summed E-state index contributed by atoms with van der Waals surface area (Å²) in [5.74, 6) is 1.99. The summed E-state index contributed by atoms with van der Waals surface area (Å²) in [5.41, 5.74) is 3.83. The van der Waals surface area contributed by atoms with Crippen LogP contribution in [0.3, 0.4) is 0 Å². The molecule has 1 unspecified atom stereocenters. The number of hydrogen-bond donors (Lipinski definition) is 1. The number of aryl methyl sites for hydroxylation is 1. The minimum atomic E-state index is 0.0619. The molecule has 134 valence electrons. The van der Waals surface area contributed by atoms with E-state index in [0.29, 0.717) is 11.7 Å². The Morgan fingerprint density at radius 1 is 1.15 bits per heavy atom. The van der Waals surface area contributed by atoms with E-state index in [-0.39, 0.29) is 6.04 Å². The van der Waals surface area contributed by atoms with Gasteiger partial charge in [0.2, 0.25) is 5.78 Å². The average Bonchev–Trinajstić information content (AvgIpc) is 3.21. The van der Waals surface area contributed by atoms with Crippen molar-refractivity contribution in [3.63, 3.8) is 0 Å². The van der Waals surface area contributed by atoms with Crippen LogP contribution in [0.5, 0.6) is 0 Å². The summed E-state index contributed by atoms with van der Waals surface area (Å²) in [5, 5.41) is 8.21. The van der Waals surface area contributed by atoms with Gasteiger partial charge in [0.1, 0.15) is 5.82 Å². The van der Waals surface area contributed by atoms with Gasteiger partial charge in [0, 0.05) is 36.4 Å². The maximum absolute atomic E-state index is 4.73. The highest BCUT2D eigenvalue weighted by molar-refractivity contribution is 5.52. The molecule has 0 saturated carbocycles. The first kappa shape index (κ1) is 16.5. The molecule has 0 amide bonds. The van der Waals surface area contributed by atoms with E-state index < -0.39 is 0 Å². The minimum Gasteiger partial charge on any atom is -0.361 e. The van der Waals surface area contributed by atoms with Crippen molar-refractivity contribution in [1.82, 2.24) is 29.0 Å². The predicted octanol–water partition coefficient (Wildman–Crippen LogP) is 3.77. The molecular weight excluding hydrogens is 326 g/mol. The van der Waals surface area contributed by atoms with E-state index in [2.05, 4.69) is 47.2 Å². The van der Waals surface area contributed by atoms with Crippen molar-refractivity contribution in [1.29, 1.82) is 0 Å². The Morgan fingerprint density at radius 2 is 2.00 bits per heavy atom. The van der Waals surface area contributed by atoms with Crippen molar-refractivity contribution in [2.45, 2.75) is 46.1 Å². The monoisotopic (exact) mass is 349 g/mol. The lowest BCUT2D eigenvalue weighted by molar-refractivity contribution is 0.712. The second-order valence-corrected chi connectivity index (χ2v) is 6.87. The normalized spacial score (nSPS) is 13.0. The number of nitrogens with one attached hydrogen (secondary N) is 1. The zero-order valence-electron chi connectivity index (χ0n) is 15.5. The lowest BCUT2D eigenvalue weighted by Gasteiger charge is -2.18. The van der Waals surface area contributed by atoms with Crippen molar-refractivity contribution >= 4 is 17.2 Å². The second-order valence-electron chi connectivity index (χ2n) is 6.87. The fourth-order valence-electron chi connectivity index (χ4n) is 3.09. The van der Waals surface area contributed by atoms with Gasteiger partial charge < -0.3 is 5.32 Å². The summed E-state index contributed by atoms with van der Waals surface area (Å²) in [6.07, 6.45) is 6.64. The van der Waals surface area contributed by atoms with Gasteiger partial charge in [0.05, 0.1) is 17.4 Å². The molecule has 26 heavy (non-hydrogen) atoms.